The second-order valence-electron chi connectivity index (χ2n) is 8.43. The Hall–Kier alpha value is -4.18. The van der Waals surface area contributed by atoms with Crippen LogP contribution in [0.1, 0.15) is 48.5 Å². The number of hydrogen-bond acceptors (Lipinski definition) is 3. The Bertz CT molecular complexity index is 1220. The predicted octanol–water partition coefficient (Wildman–Crippen LogP) is 7.00. The minimum absolute atomic E-state index is 0.187. The third-order valence-corrected chi connectivity index (χ3v) is 5.38. The first-order valence-corrected chi connectivity index (χ1v) is 11.4. The van der Waals surface area contributed by atoms with Gasteiger partial charge < -0.3 is 10.8 Å². The van der Waals surface area contributed by atoms with Crippen LogP contribution in [-0.2, 0) is 6.42 Å². The molecule has 0 aliphatic carbocycles. The third kappa shape index (κ3) is 9.30. The monoisotopic (exact) mass is 467 g/mol. The lowest BCUT2D eigenvalue weighted by molar-refractivity contribution is 0.0696. The van der Waals surface area contributed by atoms with E-state index >= 15 is 0 Å². The summed E-state index contributed by atoms with van der Waals surface area (Å²) in [5.74, 6) is -0.676. The second kappa shape index (κ2) is 13.5. The van der Waals surface area contributed by atoms with Gasteiger partial charge in [-0.25, -0.2) is 4.79 Å². The molecular formula is C31H33NO3. The van der Waals surface area contributed by atoms with E-state index in [1.165, 1.54) is 11.1 Å². The fourth-order valence-electron chi connectivity index (χ4n) is 3.25. The van der Waals surface area contributed by atoms with E-state index in [-0.39, 0.29) is 5.78 Å². The van der Waals surface area contributed by atoms with Crippen LogP contribution in [0.25, 0.3) is 0 Å². The summed E-state index contributed by atoms with van der Waals surface area (Å²) in [5.41, 5.74) is 12.8. The van der Waals surface area contributed by atoms with E-state index in [2.05, 4.69) is 0 Å². The summed E-state index contributed by atoms with van der Waals surface area (Å²) < 4.78 is 0. The smallest absolute Gasteiger partial charge is 0.335 e. The van der Waals surface area contributed by atoms with Crippen LogP contribution in [-0.4, -0.2) is 16.9 Å². The topological polar surface area (TPSA) is 80.4 Å². The number of aryl methyl sites for hydroxylation is 4. The number of nitrogens with two attached hydrogens (primary N) is 1. The van der Waals surface area contributed by atoms with Crippen molar-refractivity contribution in [2.24, 2.45) is 0 Å². The number of nitrogen functional groups attached to an aromatic ring is 1. The van der Waals surface area contributed by atoms with Crippen molar-refractivity contribution < 1.29 is 14.7 Å². The number of aromatic carboxylic acids is 1. The minimum Gasteiger partial charge on any atom is -0.478 e. The molecular weight excluding hydrogens is 434 g/mol. The fraction of sp³-hybridized carbons (Fsp3) is 0.161. The molecule has 3 N–H and O–H groups in total. The lowest BCUT2D eigenvalue weighted by Gasteiger charge is -2.05. The number of carboxylic acids is 1. The predicted molar refractivity (Wildman–Crippen MR) is 144 cm³/mol. The number of carbonyl (C=O) groups is 2. The van der Waals surface area contributed by atoms with Crippen LogP contribution in [0.2, 0.25) is 0 Å². The maximum absolute atomic E-state index is 12.1. The van der Waals surface area contributed by atoms with Gasteiger partial charge in [-0.1, -0.05) is 90.0 Å². The molecule has 0 saturated carbocycles. The second-order valence-corrected chi connectivity index (χ2v) is 8.43. The highest BCUT2D eigenvalue weighted by molar-refractivity contribution is 5.98. The number of hydrogen-bond donors (Lipinski definition) is 2. The van der Waals surface area contributed by atoms with Crippen molar-refractivity contribution >= 4 is 17.4 Å². The Balaban J connectivity index is 0.000000204. The van der Waals surface area contributed by atoms with Gasteiger partial charge >= 0.3 is 5.97 Å². The zero-order valence-corrected chi connectivity index (χ0v) is 20.8. The quantitative estimate of drug-likeness (QED) is 0.250. The van der Waals surface area contributed by atoms with E-state index in [0.717, 1.165) is 27.9 Å². The summed E-state index contributed by atoms with van der Waals surface area (Å²) in [5, 5.41) is 8.57. The molecule has 180 valence electrons. The fourth-order valence-corrected chi connectivity index (χ4v) is 3.25. The highest BCUT2D eigenvalue weighted by atomic mass is 16.4. The van der Waals surface area contributed by atoms with Crippen LogP contribution in [0.15, 0.2) is 97.1 Å². The van der Waals surface area contributed by atoms with Crippen molar-refractivity contribution in [3.05, 3.63) is 136 Å². The first kappa shape index (κ1) is 27.1. The molecule has 0 amide bonds. The molecule has 0 aliphatic heterocycles. The first-order chi connectivity index (χ1) is 16.7. The maximum Gasteiger partial charge on any atom is 0.335 e. The van der Waals surface area contributed by atoms with Crippen molar-refractivity contribution in [3.63, 3.8) is 0 Å². The summed E-state index contributed by atoms with van der Waals surface area (Å²) in [7, 11) is 0. The molecule has 0 heterocycles. The van der Waals surface area contributed by atoms with Gasteiger partial charge in [-0.3, -0.25) is 4.79 Å². The molecule has 0 unspecified atom stereocenters. The Morgan fingerprint density at radius 3 is 1.46 bits per heavy atom. The first-order valence-electron chi connectivity index (χ1n) is 11.4. The molecule has 0 fully saturated rings. The molecule has 0 aliphatic rings. The lowest BCUT2D eigenvalue weighted by atomic mass is 9.99. The molecule has 4 aromatic rings. The molecule has 0 aromatic heterocycles. The normalized spacial score (nSPS) is 9.71. The number of carboxylic acid groups (broad SMARTS) is 1. The van der Waals surface area contributed by atoms with Gasteiger partial charge in [0.2, 0.25) is 0 Å². The van der Waals surface area contributed by atoms with E-state index in [0.29, 0.717) is 12.0 Å². The van der Waals surface area contributed by atoms with Crippen LogP contribution < -0.4 is 5.73 Å². The van der Waals surface area contributed by atoms with Crippen LogP contribution in [0, 0.1) is 27.7 Å². The minimum atomic E-state index is -0.863. The number of benzene rings is 4. The van der Waals surface area contributed by atoms with Gasteiger partial charge in [-0.2, -0.15) is 0 Å². The Morgan fingerprint density at radius 2 is 1.06 bits per heavy atom. The van der Waals surface area contributed by atoms with Crippen molar-refractivity contribution in [1.29, 1.82) is 0 Å². The Kier molecular flexibility index (Phi) is 10.4. The molecule has 4 nitrogen and oxygen atoms in total. The van der Waals surface area contributed by atoms with Crippen LogP contribution in [0.3, 0.4) is 0 Å². The number of anilines is 1. The van der Waals surface area contributed by atoms with E-state index in [4.69, 9.17) is 10.8 Å². The van der Waals surface area contributed by atoms with Gasteiger partial charge in [-0.15, -0.1) is 0 Å². The van der Waals surface area contributed by atoms with Gasteiger partial charge in [0, 0.05) is 17.7 Å². The van der Waals surface area contributed by atoms with E-state index in [1.54, 1.807) is 25.1 Å². The van der Waals surface area contributed by atoms with Crippen LogP contribution in [0.5, 0.6) is 0 Å². The van der Waals surface area contributed by atoms with Gasteiger partial charge in [0.1, 0.15) is 0 Å². The summed E-state index contributed by atoms with van der Waals surface area (Å²) in [6.45, 7) is 7.85. The highest BCUT2D eigenvalue weighted by Crippen LogP contribution is 2.12. The van der Waals surface area contributed by atoms with Crippen LogP contribution >= 0.6 is 0 Å². The summed E-state index contributed by atoms with van der Waals surface area (Å²) in [4.78, 5) is 22.5. The van der Waals surface area contributed by atoms with Gasteiger partial charge in [0.25, 0.3) is 0 Å². The standard InChI is InChI=1S/C16H16O.C8H8O2.C7H9N/c1-12-7-9-14(10-8-12)11-16(17)15-6-4-3-5-13(15)2;1-6-4-2-3-5-7(6)8(9)10;1-6-2-4-7(8)5-3-6/h3-10H,11H2,1-2H3;2-5H,1H3,(H,9,10);2-5H,8H2,1H3. The summed E-state index contributed by atoms with van der Waals surface area (Å²) >= 11 is 0. The van der Waals surface area contributed by atoms with E-state index < -0.39 is 5.97 Å². The Morgan fingerprint density at radius 1 is 0.629 bits per heavy atom. The van der Waals surface area contributed by atoms with E-state index in [9.17, 15) is 9.59 Å². The van der Waals surface area contributed by atoms with Crippen molar-refractivity contribution in [3.8, 4) is 0 Å². The zero-order chi connectivity index (χ0) is 25.8. The van der Waals surface area contributed by atoms with Gasteiger partial charge in [-0.05, 0) is 62.6 Å². The molecule has 35 heavy (non-hydrogen) atoms. The Labute approximate surface area is 208 Å². The average molecular weight is 468 g/mol. The number of Topliss-reactive ketones (excluding diaryl/α,β-unsaturated/α-hetero) is 1. The molecule has 4 aromatic carbocycles. The molecule has 0 radical (unpaired) electrons. The number of carbonyl (C=O) groups excluding carboxylic acids is 1. The van der Waals surface area contributed by atoms with Crippen molar-refractivity contribution in [2.45, 2.75) is 34.1 Å². The van der Waals surface area contributed by atoms with Crippen molar-refractivity contribution in [2.75, 3.05) is 5.73 Å². The number of rotatable bonds is 4. The molecule has 0 spiro atoms. The van der Waals surface area contributed by atoms with Crippen LogP contribution in [0.4, 0.5) is 5.69 Å². The van der Waals surface area contributed by atoms with Crippen molar-refractivity contribution in [1.82, 2.24) is 0 Å². The maximum atomic E-state index is 12.1. The lowest BCUT2D eigenvalue weighted by Crippen LogP contribution is -2.05. The number of ketones is 1. The zero-order valence-electron chi connectivity index (χ0n) is 20.8. The summed E-state index contributed by atoms with van der Waals surface area (Å²) in [6, 6.07) is 30.6. The molecule has 0 bridgehead atoms. The molecule has 4 rings (SSSR count). The largest absolute Gasteiger partial charge is 0.478 e. The highest BCUT2D eigenvalue weighted by Gasteiger charge is 2.08. The summed E-state index contributed by atoms with van der Waals surface area (Å²) in [6.07, 6.45) is 0.477. The van der Waals surface area contributed by atoms with Gasteiger partial charge in [0.15, 0.2) is 5.78 Å². The third-order valence-electron chi connectivity index (χ3n) is 5.38. The average Bonchev–Trinajstić information content (AvgIpc) is 2.83. The molecule has 0 atom stereocenters. The SMILES string of the molecule is Cc1ccc(CC(=O)c2ccccc2C)cc1.Cc1ccc(N)cc1.Cc1ccccc1C(=O)O. The molecule has 4 heteroatoms. The van der Waals surface area contributed by atoms with Gasteiger partial charge in [0.05, 0.1) is 5.56 Å². The molecule has 0 saturated heterocycles. The van der Waals surface area contributed by atoms with E-state index in [1.807, 2.05) is 99.6 Å².